The molecule has 0 fully saturated rings. The van der Waals surface area contributed by atoms with Gasteiger partial charge in [-0.2, -0.15) is 18.2 Å². The van der Waals surface area contributed by atoms with E-state index in [0.717, 1.165) is 15.3 Å². The van der Waals surface area contributed by atoms with Crippen LogP contribution >= 0.6 is 22.6 Å². The number of halogens is 4. The van der Waals surface area contributed by atoms with Crippen molar-refractivity contribution in [1.82, 2.24) is 9.97 Å². The summed E-state index contributed by atoms with van der Waals surface area (Å²) in [6.07, 6.45) is -3.09. The summed E-state index contributed by atoms with van der Waals surface area (Å²) in [7, 11) is 0. The molecule has 3 aromatic rings. The summed E-state index contributed by atoms with van der Waals surface area (Å²) < 4.78 is 41.2. The maximum atomic E-state index is 13.4. The van der Waals surface area contributed by atoms with Crippen LogP contribution in [-0.2, 0) is 12.6 Å². The molecule has 0 saturated heterocycles. The van der Waals surface area contributed by atoms with E-state index in [1.807, 2.05) is 43.3 Å². The van der Waals surface area contributed by atoms with Gasteiger partial charge in [0.2, 0.25) is 5.95 Å². The van der Waals surface area contributed by atoms with E-state index in [0.29, 0.717) is 17.8 Å². The molecule has 2 N–H and O–H groups in total. The molecule has 0 aliphatic carbocycles. The second kappa shape index (κ2) is 8.12. The largest absolute Gasteiger partial charge is 0.421 e. The first-order valence-corrected chi connectivity index (χ1v) is 9.26. The number of anilines is 4. The molecule has 0 radical (unpaired) electrons. The molecule has 0 saturated carbocycles. The highest BCUT2D eigenvalue weighted by molar-refractivity contribution is 14.1. The van der Waals surface area contributed by atoms with Crippen molar-refractivity contribution in [2.75, 3.05) is 10.6 Å². The van der Waals surface area contributed by atoms with Crippen LogP contribution in [0.3, 0.4) is 0 Å². The molecular formula is C19H16F3IN4. The Morgan fingerprint density at radius 3 is 2.37 bits per heavy atom. The first-order chi connectivity index (χ1) is 12.9. The van der Waals surface area contributed by atoms with Crippen LogP contribution in [0.25, 0.3) is 0 Å². The van der Waals surface area contributed by atoms with Crippen molar-refractivity contribution < 1.29 is 13.2 Å². The van der Waals surface area contributed by atoms with Gasteiger partial charge in [0.05, 0.1) is 0 Å². The molecule has 0 atom stereocenters. The van der Waals surface area contributed by atoms with Gasteiger partial charge in [-0.05, 0) is 64.9 Å². The number of para-hydroxylation sites is 1. The number of rotatable bonds is 5. The predicted molar refractivity (Wildman–Crippen MR) is 109 cm³/mol. The van der Waals surface area contributed by atoms with Gasteiger partial charge < -0.3 is 10.6 Å². The van der Waals surface area contributed by atoms with Gasteiger partial charge in [-0.15, -0.1) is 0 Å². The summed E-state index contributed by atoms with van der Waals surface area (Å²) in [5.41, 5.74) is 1.26. The first kappa shape index (κ1) is 19.4. The van der Waals surface area contributed by atoms with Crippen LogP contribution in [0.5, 0.6) is 0 Å². The van der Waals surface area contributed by atoms with Gasteiger partial charge in [0.1, 0.15) is 11.4 Å². The lowest BCUT2D eigenvalue weighted by Crippen LogP contribution is -2.13. The van der Waals surface area contributed by atoms with Crippen LogP contribution in [0.1, 0.15) is 18.1 Å². The maximum absolute atomic E-state index is 13.4. The second-order valence-corrected chi connectivity index (χ2v) is 6.97. The van der Waals surface area contributed by atoms with E-state index in [9.17, 15) is 13.2 Å². The minimum absolute atomic E-state index is 0.0840. The Labute approximate surface area is 168 Å². The minimum atomic E-state index is -4.56. The van der Waals surface area contributed by atoms with Crippen molar-refractivity contribution in [3.8, 4) is 0 Å². The molecule has 0 spiro atoms. The second-order valence-electron chi connectivity index (χ2n) is 5.72. The monoisotopic (exact) mass is 484 g/mol. The topological polar surface area (TPSA) is 49.8 Å². The van der Waals surface area contributed by atoms with Crippen molar-refractivity contribution in [3.63, 3.8) is 0 Å². The third-order valence-electron chi connectivity index (χ3n) is 3.85. The third kappa shape index (κ3) is 4.88. The quantitative estimate of drug-likeness (QED) is 0.427. The Bertz CT molecular complexity index is 927. The lowest BCUT2D eigenvalue weighted by molar-refractivity contribution is -0.137. The standard InChI is InChI=1S/C19H16F3IN4/c1-2-12-5-3-4-6-16(12)26-17-15(19(20,21)22)11-24-18(27-17)25-14-9-7-13(23)8-10-14/h3-11H,2H2,1H3,(H2,24,25,26,27). The SMILES string of the molecule is CCc1ccccc1Nc1nc(Nc2ccc(I)cc2)ncc1C(F)(F)F. The van der Waals surface area contributed by atoms with Crippen molar-refractivity contribution in [2.45, 2.75) is 19.5 Å². The number of benzene rings is 2. The minimum Gasteiger partial charge on any atom is -0.339 e. The fraction of sp³-hybridized carbons (Fsp3) is 0.158. The van der Waals surface area contributed by atoms with Crippen LogP contribution in [0.4, 0.5) is 36.3 Å². The van der Waals surface area contributed by atoms with E-state index in [1.54, 1.807) is 12.1 Å². The lowest BCUT2D eigenvalue weighted by Gasteiger charge is -2.16. The van der Waals surface area contributed by atoms with E-state index in [4.69, 9.17) is 0 Å². The zero-order valence-electron chi connectivity index (χ0n) is 14.3. The van der Waals surface area contributed by atoms with Gasteiger partial charge in [-0.3, -0.25) is 0 Å². The number of aromatic nitrogens is 2. The van der Waals surface area contributed by atoms with Gasteiger partial charge >= 0.3 is 6.18 Å². The Morgan fingerprint density at radius 1 is 1.00 bits per heavy atom. The zero-order chi connectivity index (χ0) is 19.4. The predicted octanol–water partition coefficient (Wildman–Crippen LogP) is 6.15. The molecule has 1 aromatic heterocycles. The molecule has 8 heteroatoms. The number of alkyl halides is 3. The number of nitrogens with one attached hydrogen (secondary N) is 2. The molecule has 2 aromatic carbocycles. The smallest absolute Gasteiger partial charge is 0.339 e. The molecule has 140 valence electrons. The Morgan fingerprint density at radius 2 is 1.70 bits per heavy atom. The average Bonchev–Trinajstić information content (AvgIpc) is 2.63. The summed E-state index contributed by atoms with van der Waals surface area (Å²) in [6, 6.07) is 14.6. The Hall–Kier alpha value is -2.36. The number of nitrogens with zero attached hydrogens (tertiary/aromatic N) is 2. The highest BCUT2D eigenvalue weighted by Gasteiger charge is 2.35. The van der Waals surface area contributed by atoms with Gasteiger partial charge in [-0.25, -0.2) is 4.98 Å². The number of aryl methyl sites for hydroxylation is 1. The normalized spacial score (nSPS) is 11.3. The van der Waals surface area contributed by atoms with Gasteiger partial charge in [0.15, 0.2) is 0 Å². The highest BCUT2D eigenvalue weighted by Crippen LogP contribution is 2.35. The Balaban J connectivity index is 1.97. The van der Waals surface area contributed by atoms with Gasteiger partial charge in [0, 0.05) is 21.1 Å². The zero-order valence-corrected chi connectivity index (χ0v) is 16.5. The molecule has 3 rings (SSSR count). The molecule has 0 aliphatic rings. The van der Waals surface area contributed by atoms with E-state index in [2.05, 4.69) is 43.2 Å². The third-order valence-corrected chi connectivity index (χ3v) is 4.57. The van der Waals surface area contributed by atoms with E-state index < -0.39 is 11.7 Å². The summed E-state index contributed by atoms with van der Waals surface area (Å²) in [6.45, 7) is 1.94. The lowest BCUT2D eigenvalue weighted by atomic mass is 10.1. The van der Waals surface area contributed by atoms with Crippen molar-refractivity contribution in [3.05, 3.63) is 69.4 Å². The van der Waals surface area contributed by atoms with Crippen LogP contribution < -0.4 is 10.6 Å². The van der Waals surface area contributed by atoms with E-state index in [1.165, 1.54) is 0 Å². The maximum Gasteiger partial charge on any atom is 0.421 e. The molecule has 0 unspecified atom stereocenters. The molecule has 4 nitrogen and oxygen atoms in total. The van der Waals surface area contributed by atoms with E-state index >= 15 is 0 Å². The van der Waals surface area contributed by atoms with Crippen LogP contribution in [0, 0.1) is 3.57 Å². The van der Waals surface area contributed by atoms with Crippen molar-refractivity contribution in [1.29, 1.82) is 0 Å². The number of hydrogen-bond donors (Lipinski definition) is 2. The number of hydrogen-bond acceptors (Lipinski definition) is 4. The van der Waals surface area contributed by atoms with Crippen LogP contribution in [0.15, 0.2) is 54.7 Å². The summed E-state index contributed by atoms with van der Waals surface area (Å²) in [5.74, 6) is -0.202. The molecule has 0 bridgehead atoms. The van der Waals surface area contributed by atoms with Gasteiger partial charge in [0.25, 0.3) is 0 Å². The highest BCUT2D eigenvalue weighted by atomic mass is 127. The molecule has 1 heterocycles. The van der Waals surface area contributed by atoms with Crippen molar-refractivity contribution in [2.24, 2.45) is 0 Å². The van der Waals surface area contributed by atoms with Crippen LogP contribution in [-0.4, -0.2) is 9.97 Å². The molecule has 0 aliphatic heterocycles. The fourth-order valence-electron chi connectivity index (χ4n) is 2.49. The van der Waals surface area contributed by atoms with Gasteiger partial charge in [-0.1, -0.05) is 25.1 Å². The summed E-state index contributed by atoms with van der Waals surface area (Å²) in [4.78, 5) is 7.90. The molecule has 27 heavy (non-hydrogen) atoms. The van der Waals surface area contributed by atoms with E-state index in [-0.39, 0.29) is 11.8 Å². The molecular weight excluding hydrogens is 468 g/mol. The first-order valence-electron chi connectivity index (χ1n) is 8.18. The average molecular weight is 484 g/mol. The fourth-order valence-corrected chi connectivity index (χ4v) is 2.84. The van der Waals surface area contributed by atoms with Crippen molar-refractivity contribution >= 4 is 45.7 Å². The Kier molecular flexibility index (Phi) is 5.83. The molecule has 0 amide bonds. The van der Waals surface area contributed by atoms with Crippen LogP contribution in [0.2, 0.25) is 0 Å². The summed E-state index contributed by atoms with van der Waals surface area (Å²) >= 11 is 2.17. The summed E-state index contributed by atoms with van der Waals surface area (Å²) in [5, 5.41) is 5.75.